The third kappa shape index (κ3) is 6.75. The number of nitrogens with one attached hydrogen (secondary N) is 2. The van der Waals surface area contributed by atoms with Gasteiger partial charge in [0.1, 0.15) is 0 Å². The van der Waals surface area contributed by atoms with Crippen LogP contribution in [0.3, 0.4) is 0 Å². The predicted molar refractivity (Wildman–Crippen MR) is 85.8 cm³/mol. The Labute approximate surface area is 126 Å². The summed E-state index contributed by atoms with van der Waals surface area (Å²) in [6.07, 6.45) is 3.19. The number of amides is 2. The fourth-order valence-electron chi connectivity index (χ4n) is 1.93. The van der Waals surface area contributed by atoms with Crippen LogP contribution in [0.15, 0.2) is 30.3 Å². The Balaban J connectivity index is 2.48. The van der Waals surface area contributed by atoms with E-state index in [2.05, 4.69) is 10.6 Å². The van der Waals surface area contributed by atoms with E-state index in [0.717, 1.165) is 24.0 Å². The normalized spacial score (nSPS) is 11.1. The Kier molecular flexibility index (Phi) is 7.23. The van der Waals surface area contributed by atoms with Gasteiger partial charge < -0.3 is 10.6 Å². The summed E-state index contributed by atoms with van der Waals surface area (Å²) in [7, 11) is 0. The van der Waals surface area contributed by atoms with Crippen molar-refractivity contribution in [2.75, 3.05) is 13.1 Å². The van der Waals surface area contributed by atoms with Crippen molar-refractivity contribution >= 4 is 17.4 Å². The van der Waals surface area contributed by atoms with Crippen molar-refractivity contribution in [2.24, 2.45) is 0 Å². The van der Waals surface area contributed by atoms with E-state index < -0.39 is 0 Å². The standard InChI is InChI=1S/C17H24N2O2/c1-4-15(16-8-6-13(2)7-9-16)12-17(21)19-11-5-10-18-14(3)20/h6-9,12H,4-5,10-11H2,1-3H3,(H,18,20)(H,19,21). The highest BCUT2D eigenvalue weighted by molar-refractivity contribution is 5.95. The summed E-state index contributed by atoms with van der Waals surface area (Å²) in [5.41, 5.74) is 3.31. The van der Waals surface area contributed by atoms with Crippen molar-refractivity contribution in [3.8, 4) is 0 Å². The van der Waals surface area contributed by atoms with Crippen LogP contribution in [0, 0.1) is 6.92 Å². The Morgan fingerprint density at radius 2 is 1.71 bits per heavy atom. The Morgan fingerprint density at radius 1 is 1.10 bits per heavy atom. The summed E-state index contributed by atoms with van der Waals surface area (Å²) >= 11 is 0. The van der Waals surface area contributed by atoms with Crippen molar-refractivity contribution in [1.82, 2.24) is 10.6 Å². The summed E-state index contributed by atoms with van der Waals surface area (Å²) in [5, 5.41) is 5.53. The minimum absolute atomic E-state index is 0.0473. The van der Waals surface area contributed by atoms with Gasteiger partial charge in [0.2, 0.25) is 11.8 Å². The molecule has 0 saturated heterocycles. The second-order valence-electron chi connectivity index (χ2n) is 5.02. The lowest BCUT2D eigenvalue weighted by Gasteiger charge is -2.07. The molecule has 0 radical (unpaired) electrons. The van der Waals surface area contributed by atoms with E-state index in [9.17, 15) is 9.59 Å². The minimum atomic E-state index is -0.0877. The van der Waals surface area contributed by atoms with E-state index in [4.69, 9.17) is 0 Å². The molecule has 1 rings (SSSR count). The summed E-state index contributed by atoms with van der Waals surface area (Å²) in [6, 6.07) is 8.16. The van der Waals surface area contributed by atoms with Crippen LogP contribution in [0.1, 0.15) is 37.8 Å². The second kappa shape index (κ2) is 8.95. The first-order chi connectivity index (χ1) is 10.0. The van der Waals surface area contributed by atoms with Crippen LogP contribution in [-0.2, 0) is 9.59 Å². The van der Waals surface area contributed by atoms with Gasteiger partial charge in [-0.05, 0) is 30.9 Å². The van der Waals surface area contributed by atoms with E-state index >= 15 is 0 Å². The fourth-order valence-corrected chi connectivity index (χ4v) is 1.93. The minimum Gasteiger partial charge on any atom is -0.356 e. The highest BCUT2D eigenvalue weighted by Gasteiger charge is 2.03. The van der Waals surface area contributed by atoms with Gasteiger partial charge in [-0.1, -0.05) is 36.8 Å². The number of aryl methyl sites for hydroxylation is 1. The van der Waals surface area contributed by atoms with Gasteiger partial charge in [-0.2, -0.15) is 0 Å². The molecule has 0 bridgehead atoms. The van der Waals surface area contributed by atoms with Crippen LogP contribution >= 0.6 is 0 Å². The molecule has 0 atom stereocenters. The molecule has 2 N–H and O–H groups in total. The molecule has 4 nitrogen and oxygen atoms in total. The zero-order chi connectivity index (χ0) is 15.7. The van der Waals surface area contributed by atoms with Gasteiger partial charge >= 0.3 is 0 Å². The van der Waals surface area contributed by atoms with Crippen molar-refractivity contribution in [3.05, 3.63) is 41.5 Å². The number of allylic oxidation sites excluding steroid dienone is 1. The Morgan fingerprint density at radius 3 is 2.29 bits per heavy atom. The summed E-state index contributed by atoms with van der Waals surface area (Å²) < 4.78 is 0. The lowest BCUT2D eigenvalue weighted by molar-refractivity contribution is -0.119. The molecule has 4 heteroatoms. The fraction of sp³-hybridized carbons (Fsp3) is 0.412. The van der Waals surface area contributed by atoms with Crippen LogP contribution in [0.25, 0.3) is 5.57 Å². The predicted octanol–water partition coefficient (Wildman–Crippen LogP) is 2.43. The summed E-state index contributed by atoms with van der Waals surface area (Å²) in [6.45, 7) is 6.70. The largest absolute Gasteiger partial charge is 0.356 e. The van der Waals surface area contributed by atoms with Crippen LogP contribution in [0.2, 0.25) is 0 Å². The van der Waals surface area contributed by atoms with Crippen LogP contribution < -0.4 is 10.6 Å². The van der Waals surface area contributed by atoms with Crippen LogP contribution in [0.5, 0.6) is 0 Å². The molecule has 0 unspecified atom stereocenters. The van der Waals surface area contributed by atoms with Crippen molar-refractivity contribution in [1.29, 1.82) is 0 Å². The highest BCUT2D eigenvalue weighted by atomic mass is 16.2. The van der Waals surface area contributed by atoms with Gasteiger partial charge in [0, 0.05) is 26.1 Å². The lowest BCUT2D eigenvalue weighted by Crippen LogP contribution is -2.27. The van der Waals surface area contributed by atoms with E-state index in [1.54, 1.807) is 6.08 Å². The van der Waals surface area contributed by atoms with Gasteiger partial charge in [0.15, 0.2) is 0 Å². The molecule has 2 amide bonds. The number of rotatable bonds is 7. The number of carbonyl (C=O) groups is 2. The average molecular weight is 288 g/mol. The average Bonchev–Trinajstić information content (AvgIpc) is 2.45. The molecule has 0 spiro atoms. The molecule has 114 valence electrons. The molecule has 0 aliphatic carbocycles. The molecule has 0 aliphatic heterocycles. The molecule has 1 aromatic carbocycles. The molecular formula is C17H24N2O2. The van der Waals surface area contributed by atoms with Gasteiger partial charge in [-0.3, -0.25) is 9.59 Å². The second-order valence-corrected chi connectivity index (χ2v) is 5.02. The summed E-state index contributed by atoms with van der Waals surface area (Å²) in [4.78, 5) is 22.6. The SMILES string of the molecule is CCC(=CC(=O)NCCCNC(C)=O)c1ccc(C)cc1. The van der Waals surface area contributed by atoms with E-state index in [0.29, 0.717) is 13.1 Å². The van der Waals surface area contributed by atoms with Crippen molar-refractivity contribution in [3.63, 3.8) is 0 Å². The molecular weight excluding hydrogens is 264 g/mol. The van der Waals surface area contributed by atoms with Crippen molar-refractivity contribution in [2.45, 2.75) is 33.6 Å². The molecule has 1 aromatic rings. The van der Waals surface area contributed by atoms with Gasteiger partial charge in [0.05, 0.1) is 0 Å². The zero-order valence-electron chi connectivity index (χ0n) is 13.0. The number of hydrogen-bond acceptors (Lipinski definition) is 2. The maximum absolute atomic E-state index is 11.9. The Bertz CT molecular complexity index is 504. The van der Waals surface area contributed by atoms with Crippen LogP contribution in [-0.4, -0.2) is 24.9 Å². The van der Waals surface area contributed by atoms with Gasteiger partial charge in [0.25, 0.3) is 0 Å². The maximum atomic E-state index is 11.9. The van der Waals surface area contributed by atoms with E-state index in [1.165, 1.54) is 12.5 Å². The highest BCUT2D eigenvalue weighted by Crippen LogP contribution is 2.18. The number of carbonyl (C=O) groups excluding carboxylic acids is 2. The van der Waals surface area contributed by atoms with Crippen LogP contribution in [0.4, 0.5) is 0 Å². The quantitative estimate of drug-likeness (QED) is 0.598. The topological polar surface area (TPSA) is 58.2 Å². The van der Waals surface area contributed by atoms with Gasteiger partial charge in [-0.15, -0.1) is 0 Å². The van der Waals surface area contributed by atoms with Crippen molar-refractivity contribution < 1.29 is 9.59 Å². The smallest absolute Gasteiger partial charge is 0.244 e. The number of benzene rings is 1. The number of hydrogen-bond donors (Lipinski definition) is 2. The van der Waals surface area contributed by atoms with Gasteiger partial charge in [-0.25, -0.2) is 0 Å². The summed E-state index contributed by atoms with van der Waals surface area (Å²) in [5.74, 6) is -0.135. The first kappa shape index (κ1) is 17.0. The monoisotopic (exact) mass is 288 g/mol. The van der Waals surface area contributed by atoms with E-state index in [-0.39, 0.29) is 11.8 Å². The molecule has 0 fully saturated rings. The molecule has 0 heterocycles. The third-order valence-electron chi connectivity index (χ3n) is 3.14. The molecule has 0 aliphatic rings. The van der Waals surface area contributed by atoms with E-state index in [1.807, 2.05) is 38.1 Å². The maximum Gasteiger partial charge on any atom is 0.244 e. The molecule has 0 aromatic heterocycles. The zero-order valence-corrected chi connectivity index (χ0v) is 13.0. The molecule has 0 saturated carbocycles. The Hall–Kier alpha value is -2.10. The third-order valence-corrected chi connectivity index (χ3v) is 3.14. The first-order valence-corrected chi connectivity index (χ1v) is 7.32. The molecule has 21 heavy (non-hydrogen) atoms. The lowest BCUT2D eigenvalue weighted by atomic mass is 10.0. The first-order valence-electron chi connectivity index (χ1n) is 7.32.